The summed E-state index contributed by atoms with van der Waals surface area (Å²) in [5, 5.41) is 6.80. The Morgan fingerprint density at radius 1 is 1.17 bits per heavy atom. The van der Waals surface area contributed by atoms with E-state index in [9.17, 15) is 4.79 Å². The van der Waals surface area contributed by atoms with Crippen molar-refractivity contribution in [3.8, 4) is 0 Å². The maximum atomic E-state index is 12.5. The highest BCUT2D eigenvalue weighted by atomic mass is 16.2. The molecule has 130 valence electrons. The maximum Gasteiger partial charge on any atom is 0.237 e. The van der Waals surface area contributed by atoms with Crippen LogP contribution in [0, 0.1) is 11.8 Å². The molecule has 4 atom stereocenters. The summed E-state index contributed by atoms with van der Waals surface area (Å²) in [5.74, 6) is 1.52. The van der Waals surface area contributed by atoms with E-state index in [1.807, 2.05) is 0 Å². The van der Waals surface area contributed by atoms with Gasteiger partial charge in [0, 0.05) is 31.4 Å². The van der Waals surface area contributed by atoms with Crippen LogP contribution in [0.4, 0.5) is 5.69 Å². The zero-order chi connectivity index (χ0) is 16.4. The molecule has 0 bridgehead atoms. The summed E-state index contributed by atoms with van der Waals surface area (Å²) < 4.78 is 0. The minimum absolute atomic E-state index is 0.0460. The van der Waals surface area contributed by atoms with Crippen LogP contribution < -0.4 is 15.5 Å². The van der Waals surface area contributed by atoms with E-state index in [-0.39, 0.29) is 11.9 Å². The summed E-state index contributed by atoms with van der Waals surface area (Å²) in [6.45, 7) is 2.96. The Morgan fingerprint density at radius 3 is 2.83 bits per heavy atom. The number of carbonyl (C=O) groups excluding carboxylic acids is 1. The van der Waals surface area contributed by atoms with Gasteiger partial charge in [-0.1, -0.05) is 31.0 Å². The molecule has 4 heteroatoms. The Hall–Kier alpha value is -1.55. The van der Waals surface area contributed by atoms with Crippen molar-refractivity contribution in [1.82, 2.24) is 10.6 Å². The van der Waals surface area contributed by atoms with Crippen molar-refractivity contribution in [2.75, 3.05) is 24.5 Å². The first-order valence-electron chi connectivity index (χ1n) is 9.63. The van der Waals surface area contributed by atoms with Crippen molar-refractivity contribution in [1.29, 1.82) is 0 Å². The second kappa shape index (κ2) is 7.14. The highest BCUT2D eigenvalue weighted by molar-refractivity contribution is 5.82. The smallest absolute Gasteiger partial charge is 0.237 e. The van der Waals surface area contributed by atoms with Gasteiger partial charge in [0.2, 0.25) is 5.91 Å². The third-order valence-corrected chi connectivity index (χ3v) is 6.15. The molecule has 0 radical (unpaired) electrons. The molecule has 1 aliphatic carbocycles. The quantitative estimate of drug-likeness (QED) is 0.893. The van der Waals surface area contributed by atoms with Crippen LogP contribution in [0.5, 0.6) is 0 Å². The Labute approximate surface area is 145 Å². The van der Waals surface area contributed by atoms with Gasteiger partial charge < -0.3 is 15.5 Å². The Bertz CT molecular complexity index is 547. The largest absolute Gasteiger partial charge is 0.371 e. The third-order valence-electron chi connectivity index (χ3n) is 6.15. The standard InChI is InChI=1S/C20H29N3O/c24-20(19-12-16-6-4-5-9-18(16)22-19)21-13-15-10-11-23(14-15)17-7-2-1-3-8-17/h1-3,7-8,15-16,18-19,22H,4-6,9-14H2,(H,21,24). The predicted octanol–water partition coefficient (Wildman–Crippen LogP) is 2.55. The van der Waals surface area contributed by atoms with Crippen LogP contribution in [-0.4, -0.2) is 37.6 Å². The zero-order valence-electron chi connectivity index (χ0n) is 14.4. The van der Waals surface area contributed by atoms with Crippen LogP contribution in [0.1, 0.15) is 38.5 Å². The number of para-hydroxylation sites is 1. The molecule has 0 aromatic heterocycles. The fraction of sp³-hybridized carbons (Fsp3) is 0.650. The van der Waals surface area contributed by atoms with Crippen molar-refractivity contribution < 1.29 is 4.79 Å². The van der Waals surface area contributed by atoms with E-state index in [1.165, 1.54) is 37.8 Å². The molecule has 4 nitrogen and oxygen atoms in total. The van der Waals surface area contributed by atoms with Crippen LogP contribution in [0.25, 0.3) is 0 Å². The molecular weight excluding hydrogens is 298 g/mol. The van der Waals surface area contributed by atoms with Crippen LogP contribution in [0.3, 0.4) is 0 Å². The van der Waals surface area contributed by atoms with E-state index in [4.69, 9.17) is 0 Å². The molecule has 4 rings (SSSR count). The minimum Gasteiger partial charge on any atom is -0.371 e. The topological polar surface area (TPSA) is 44.4 Å². The highest BCUT2D eigenvalue weighted by Gasteiger charge is 2.38. The average Bonchev–Trinajstić information content (AvgIpc) is 3.27. The zero-order valence-corrected chi connectivity index (χ0v) is 14.4. The number of fused-ring (bicyclic) bond motifs is 1. The number of hydrogen-bond donors (Lipinski definition) is 2. The monoisotopic (exact) mass is 327 g/mol. The number of nitrogens with zero attached hydrogens (tertiary/aromatic N) is 1. The Kier molecular flexibility index (Phi) is 4.74. The first kappa shape index (κ1) is 15.9. The third kappa shape index (κ3) is 3.44. The summed E-state index contributed by atoms with van der Waals surface area (Å²) in [7, 11) is 0. The minimum atomic E-state index is 0.0460. The number of benzene rings is 1. The molecule has 0 spiro atoms. The number of hydrogen-bond acceptors (Lipinski definition) is 3. The predicted molar refractivity (Wildman–Crippen MR) is 97.1 cm³/mol. The highest BCUT2D eigenvalue weighted by Crippen LogP contribution is 2.33. The number of amides is 1. The van der Waals surface area contributed by atoms with Crippen molar-refractivity contribution in [3.05, 3.63) is 30.3 Å². The molecule has 2 heterocycles. The van der Waals surface area contributed by atoms with Gasteiger partial charge in [-0.15, -0.1) is 0 Å². The van der Waals surface area contributed by atoms with Gasteiger partial charge in [-0.2, -0.15) is 0 Å². The first-order valence-corrected chi connectivity index (χ1v) is 9.63. The maximum absolute atomic E-state index is 12.5. The van der Waals surface area contributed by atoms with Crippen LogP contribution in [-0.2, 0) is 4.79 Å². The normalized spacial score (nSPS) is 32.6. The molecule has 3 aliphatic rings. The summed E-state index contributed by atoms with van der Waals surface area (Å²) in [6.07, 6.45) is 7.42. The van der Waals surface area contributed by atoms with E-state index in [1.54, 1.807) is 0 Å². The SMILES string of the molecule is O=C(NCC1CCN(c2ccccc2)C1)C1CC2CCCCC2N1. The molecule has 24 heavy (non-hydrogen) atoms. The van der Waals surface area contributed by atoms with Gasteiger partial charge in [0.15, 0.2) is 0 Å². The Morgan fingerprint density at radius 2 is 2.00 bits per heavy atom. The van der Waals surface area contributed by atoms with Crippen molar-refractivity contribution >= 4 is 11.6 Å². The number of nitrogens with one attached hydrogen (secondary N) is 2. The lowest BCUT2D eigenvalue weighted by Gasteiger charge is -2.24. The van der Waals surface area contributed by atoms with Gasteiger partial charge >= 0.3 is 0 Å². The lowest BCUT2D eigenvalue weighted by Crippen LogP contribution is -2.44. The molecule has 2 saturated heterocycles. The molecule has 1 amide bonds. The number of carbonyl (C=O) groups is 1. The molecule has 4 unspecified atom stereocenters. The first-order chi connectivity index (χ1) is 11.8. The fourth-order valence-corrected chi connectivity index (χ4v) is 4.76. The van der Waals surface area contributed by atoms with Crippen LogP contribution in [0.15, 0.2) is 30.3 Å². The molecule has 2 N–H and O–H groups in total. The van der Waals surface area contributed by atoms with E-state index < -0.39 is 0 Å². The number of rotatable bonds is 4. The van der Waals surface area contributed by atoms with Gasteiger partial charge in [0.1, 0.15) is 0 Å². The van der Waals surface area contributed by atoms with E-state index in [0.717, 1.165) is 32.0 Å². The molecule has 1 aromatic rings. The summed E-state index contributed by atoms with van der Waals surface area (Å²) in [6, 6.07) is 11.2. The second-order valence-corrected chi connectivity index (χ2v) is 7.79. The van der Waals surface area contributed by atoms with Gasteiger partial charge in [-0.25, -0.2) is 0 Å². The van der Waals surface area contributed by atoms with Crippen molar-refractivity contribution in [2.45, 2.75) is 50.6 Å². The van der Waals surface area contributed by atoms with E-state index in [0.29, 0.717) is 12.0 Å². The molecule has 2 aliphatic heterocycles. The molecular formula is C20H29N3O. The van der Waals surface area contributed by atoms with Gasteiger partial charge in [0.05, 0.1) is 6.04 Å². The van der Waals surface area contributed by atoms with Crippen LogP contribution in [0.2, 0.25) is 0 Å². The summed E-state index contributed by atoms with van der Waals surface area (Å²) in [4.78, 5) is 14.9. The Balaban J connectivity index is 1.23. The fourth-order valence-electron chi connectivity index (χ4n) is 4.76. The van der Waals surface area contributed by atoms with Crippen LogP contribution >= 0.6 is 0 Å². The number of anilines is 1. The van der Waals surface area contributed by atoms with E-state index >= 15 is 0 Å². The molecule has 3 fully saturated rings. The van der Waals surface area contributed by atoms with E-state index in [2.05, 4.69) is 45.9 Å². The molecule has 1 saturated carbocycles. The summed E-state index contributed by atoms with van der Waals surface area (Å²) in [5.41, 5.74) is 1.30. The lowest BCUT2D eigenvalue weighted by atomic mass is 9.85. The second-order valence-electron chi connectivity index (χ2n) is 7.79. The van der Waals surface area contributed by atoms with Gasteiger partial charge in [-0.3, -0.25) is 4.79 Å². The molecule has 1 aromatic carbocycles. The summed E-state index contributed by atoms with van der Waals surface area (Å²) >= 11 is 0. The van der Waals surface area contributed by atoms with Gasteiger partial charge in [0.25, 0.3) is 0 Å². The lowest BCUT2D eigenvalue weighted by molar-refractivity contribution is -0.123. The average molecular weight is 327 g/mol. The van der Waals surface area contributed by atoms with Gasteiger partial charge in [-0.05, 0) is 49.7 Å². The van der Waals surface area contributed by atoms with Crippen molar-refractivity contribution in [2.24, 2.45) is 11.8 Å². The van der Waals surface area contributed by atoms with Crippen molar-refractivity contribution in [3.63, 3.8) is 0 Å².